The van der Waals surface area contributed by atoms with Gasteiger partial charge in [0, 0.05) is 12.0 Å². The highest BCUT2D eigenvalue weighted by Crippen LogP contribution is 2.33. The lowest BCUT2D eigenvalue weighted by molar-refractivity contribution is -0.186. The molecule has 1 rings (SSSR count). The van der Waals surface area contributed by atoms with Gasteiger partial charge in [-0.1, -0.05) is 26.1 Å². The van der Waals surface area contributed by atoms with E-state index in [9.17, 15) is 13.2 Å². The van der Waals surface area contributed by atoms with Gasteiger partial charge in [-0.05, 0) is 38.8 Å². The zero-order valence-corrected chi connectivity index (χ0v) is 12.4. The van der Waals surface area contributed by atoms with Gasteiger partial charge in [-0.25, -0.2) is 0 Å². The third-order valence-corrected chi connectivity index (χ3v) is 4.46. The van der Waals surface area contributed by atoms with E-state index in [1.807, 2.05) is 18.7 Å². The molecule has 1 aliphatic heterocycles. The molecular weight excluding hydrogens is 273 g/mol. The van der Waals surface area contributed by atoms with Gasteiger partial charge in [0.05, 0.1) is 10.9 Å². The van der Waals surface area contributed by atoms with Crippen LogP contribution in [0.5, 0.6) is 0 Å². The van der Waals surface area contributed by atoms with Gasteiger partial charge < -0.3 is 10.6 Å². The van der Waals surface area contributed by atoms with Crippen molar-refractivity contribution in [2.24, 2.45) is 17.1 Å². The standard InChI is InChI=1S/C13H23F3N2S/c1-12(2,11(17)19)6-4-8-18-7-3-5-10(9-18)13(14,15)16/h10H,3-9H2,1-2H3,(H2,17,19). The smallest absolute Gasteiger partial charge is 0.393 e. The van der Waals surface area contributed by atoms with E-state index in [0.29, 0.717) is 18.0 Å². The summed E-state index contributed by atoms with van der Waals surface area (Å²) in [7, 11) is 0. The van der Waals surface area contributed by atoms with Gasteiger partial charge in [0.15, 0.2) is 0 Å². The minimum atomic E-state index is -4.06. The van der Waals surface area contributed by atoms with Crippen LogP contribution in [0.4, 0.5) is 13.2 Å². The average Bonchev–Trinajstić information content (AvgIpc) is 2.28. The molecule has 0 radical (unpaired) electrons. The van der Waals surface area contributed by atoms with E-state index < -0.39 is 12.1 Å². The van der Waals surface area contributed by atoms with Crippen LogP contribution < -0.4 is 5.73 Å². The topological polar surface area (TPSA) is 29.3 Å². The number of rotatable bonds is 5. The van der Waals surface area contributed by atoms with Gasteiger partial charge in [-0.2, -0.15) is 13.2 Å². The number of nitrogens with two attached hydrogens (primary N) is 1. The van der Waals surface area contributed by atoms with Crippen LogP contribution in [0.3, 0.4) is 0 Å². The summed E-state index contributed by atoms with van der Waals surface area (Å²) in [5.41, 5.74) is 5.42. The summed E-state index contributed by atoms with van der Waals surface area (Å²) < 4.78 is 38.0. The summed E-state index contributed by atoms with van der Waals surface area (Å²) in [6.45, 7) is 5.55. The lowest BCUT2D eigenvalue weighted by atomic mass is 9.87. The van der Waals surface area contributed by atoms with Gasteiger partial charge in [0.1, 0.15) is 0 Å². The highest BCUT2D eigenvalue weighted by molar-refractivity contribution is 7.80. The summed E-state index contributed by atoms with van der Waals surface area (Å²) in [6.07, 6.45) is -1.53. The SMILES string of the molecule is CC(C)(CCCN1CCCC(C(F)(F)F)C1)C(N)=S. The number of alkyl halides is 3. The molecule has 19 heavy (non-hydrogen) atoms. The monoisotopic (exact) mass is 296 g/mol. The molecule has 0 bridgehead atoms. The molecule has 0 aromatic carbocycles. The second-order valence-corrected chi connectivity index (χ2v) is 6.47. The Morgan fingerprint density at radius 2 is 2.00 bits per heavy atom. The fraction of sp³-hybridized carbons (Fsp3) is 0.923. The van der Waals surface area contributed by atoms with Crippen LogP contribution >= 0.6 is 12.2 Å². The third-order valence-electron chi connectivity index (χ3n) is 3.91. The molecule has 1 atom stereocenters. The van der Waals surface area contributed by atoms with Crippen LogP contribution in [-0.4, -0.2) is 35.7 Å². The average molecular weight is 296 g/mol. The maximum absolute atomic E-state index is 12.7. The molecule has 1 unspecified atom stereocenters. The number of nitrogens with zero attached hydrogens (tertiary/aromatic N) is 1. The van der Waals surface area contributed by atoms with Crippen molar-refractivity contribution in [2.45, 2.75) is 45.7 Å². The van der Waals surface area contributed by atoms with Crippen molar-refractivity contribution in [3.63, 3.8) is 0 Å². The second kappa shape index (κ2) is 6.39. The van der Waals surface area contributed by atoms with Gasteiger partial charge in [-0.3, -0.25) is 0 Å². The second-order valence-electron chi connectivity index (χ2n) is 6.03. The Bertz CT molecular complexity index is 316. The molecule has 1 saturated heterocycles. The van der Waals surface area contributed by atoms with Crippen molar-refractivity contribution in [3.05, 3.63) is 0 Å². The van der Waals surface area contributed by atoms with Crippen LogP contribution in [-0.2, 0) is 0 Å². The van der Waals surface area contributed by atoms with Crippen molar-refractivity contribution >= 4 is 17.2 Å². The lowest BCUT2D eigenvalue weighted by Crippen LogP contribution is -2.42. The summed E-state index contributed by atoms with van der Waals surface area (Å²) >= 11 is 4.98. The van der Waals surface area contributed by atoms with E-state index >= 15 is 0 Å². The molecule has 0 aromatic heterocycles. The molecule has 1 aliphatic rings. The molecule has 2 N–H and O–H groups in total. The predicted molar refractivity (Wildman–Crippen MR) is 75.0 cm³/mol. The first kappa shape index (κ1) is 16.7. The Kier molecular flexibility index (Phi) is 5.62. The van der Waals surface area contributed by atoms with E-state index in [1.165, 1.54) is 0 Å². The normalized spacial score (nSPS) is 22.5. The van der Waals surface area contributed by atoms with Crippen molar-refractivity contribution in [1.82, 2.24) is 4.90 Å². The summed E-state index contributed by atoms with van der Waals surface area (Å²) in [4.78, 5) is 2.39. The van der Waals surface area contributed by atoms with E-state index in [2.05, 4.69) is 0 Å². The Hall–Kier alpha value is -0.360. The number of likely N-dealkylation sites (tertiary alicyclic amines) is 1. The van der Waals surface area contributed by atoms with E-state index in [1.54, 1.807) is 0 Å². The van der Waals surface area contributed by atoms with Gasteiger partial charge >= 0.3 is 6.18 Å². The number of hydrogen-bond acceptors (Lipinski definition) is 2. The molecule has 1 fully saturated rings. The maximum Gasteiger partial charge on any atom is 0.393 e. The molecule has 0 spiro atoms. The Morgan fingerprint density at radius 1 is 1.37 bits per heavy atom. The quantitative estimate of drug-likeness (QED) is 0.789. The molecule has 0 aliphatic carbocycles. The van der Waals surface area contributed by atoms with Crippen LogP contribution in [0.15, 0.2) is 0 Å². The van der Waals surface area contributed by atoms with Crippen molar-refractivity contribution in [1.29, 1.82) is 0 Å². The molecular formula is C13H23F3N2S. The summed E-state index contributed by atoms with van der Waals surface area (Å²) in [5, 5.41) is 0. The minimum absolute atomic E-state index is 0.136. The molecule has 2 nitrogen and oxygen atoms in total. The Morgan fingerprint density at radius 3 is 2.53 bits per heavy atom. The number of hydrogen-bond donors (Lipinski definition) is 1. The largest absolute Gasteiger partial charge is 0.393 e. The molecule has 0 saturated carbocycles. The Labute approximate surface area is 118 Å². The van der Waals surface area contributed by atoms with Gasteiger partial charge in [0.25, 0.3) is 0 Å². The summed E-state index contributed by atoms with van der Waals surface area (Å²) in [5.74, 6) is -1.16. The summed E-state index contributed by atoms with van der Waals surface area (Å²) in [6, 6.07) is 0. The van der Waals surface area contributed by atoms with Crippen LogP contribution in [0.25, 0.3) is 0 Å². The highest BCUT2D eigenvalue weighted by Gasteiger charge is 2.41. The highest BCUT2D eigenvalue weighted by atomic mass is 32.1. The van der Waals surface area contributed by atoms with E-state index in [-0.39, 0.29) is 18.4 Å². The predicted octanol–water partition coefficient (Wildman–Crippen LogP) is 3.35. The maximum atomic E-state index is 12.7. The van der Waals surface area contributed by atoms with Crippen LogP contribution in [0.2, 0.25) is 0 Å². The fourth-order valence-electron chi connectivity index (χ4n) is 2.39. The number of halogens is 3. The molecule has 0 amide bonds. The number of thiocarbonyl (C=S) groups is 1. The Balaban J connectivity index is 2.36. The van der Waals surface area contributed by atoms with E-state index in [4.69, 9.17) is 18.0 Å². The molecule has 1 heterocycles. The van der Waals surface area contributed by atoms with Gasteiger partial charge in [0.2, 0.25) is 0 Å². The first-order chi connectivity index (χ1) is 8.63. The first-order valence-electron chi connectivity index (χ1n) is 6.72. The molecule has 0 aromatic rings. The van der Waals surface area contributed by atoms with Crippen LogP contribution in [0, 0.1) is 11.3 Å². The zero-order valence-electron chi connectivity index (χ0n) is 11.6. The molecule has 112 valence electrons. The van der Waals surface area contributed by atoms with Crippen molar-refractivity contribution < 1.29 is 13.2 Å². The number of piperidine rings is 1. The lowest BCUT2D eigenvalue weighted by Gasteiger charge is -2.34. The minimum Gasteiger partial charge on any atom is -0.393 e. The fourth-order valence-corrected chi connectivity index (χ4v) is 2.50. The van der Waals surface area contributed by atoms with Gasteiger partial charge in [-0.15, -0.1) is 0 Å². The van der Waals surface area contributed by atoms with E-state index in [0.717, 1.165) is 19.4 Å². The van der Waals surface area contributed by atoms with Crippen molar-refractivity contribution in [3.8, 4) is 0 Å². The molecule has 6 heteroatoms. The van der Waals surface area contributed by atoms with Crippen LogP contribution in [0.1, 0.15) is 39.5 Å². The first-order valence-corrected chi connectivity index (χ1v) is 7.13. The van der Waals surface area contributed by atoms with Crippen molar-refractivity contribution in [2.75, 3.05) is 19.6 Å². The zero-order chi connectivity index (χ0) is 14.7. The third kappa shape index (κ3) is 5.26.